The summed E-state index contributed by atoms with van der Waals surface area (Å²) in [7, 11) is 0. The number of hydrogen-bond acceptors (Lipinski definition) is 5. The first-order valence-electron chi connectivity index (χ1n) is 9.10. The van der Waals surface area contributed by atoms with E-state index in [0.717, 1.165) is 5.56 Å². The van der Waals surface area contributed by atoms with Crippen LogP contribution in [0.25, 0.3) is 0 Å². The molecule has 0 saturated carbocycles. The number of benzene rings is 1. The highest BCUT2D eigenvalue weighted by Gasteiger charge is 2.40. The van der Waals surface area contributed by atoms with Gasteiger partial charge in [0.1, 0.15) is 5.82 Å². The predicted molar refractivity (Wildman–Crippen MR) is 102 cm³/mol. The average molecular weight is 406 g/mol. The second kappa shape index (κ2) is 7.58. The van der Waals surface area contributed by atoms with Crippen LogP contribution in [0.4, 0.5) is 4.39 Å². The van der Waals surface area contributed by atoms with Crippen LogP contribution in [0, 0.1) is 5.82 Å². The molecule has 28 heavy (non-hydrogen) atoms. The molecule has 3 N–H and O–H groups in total. The Morgan fingerprint density at radius 1 is 1.32 bits per heavy atom. The molecule has 0 aromatic heterocycles. The molecule has 1 saturated heterocycles. The number of hydrogen-bond donors (Lipinski definition) is 2. The van der Waals surface area contributed by atoms with E-state index in [0.29, 0.717) is 48.1 Å². The van der Waals surface area contributed by atoms with Crippen LogP contribution in [0.1, 0.15) is 12.0 Å². The van der Waals surface area contributed by atoms with Crippen molar-refractivity contribution in [3.63, 3.8) is 0 Å². The Morgan fingerprint density at radius 2 is 2.07 bits per heavy atom. The van der Waals surface area contributed by atoms with Crippen LogP contribution in [0.5, 0.6) is 0 Å². The highest BCUT2D eigenvalue weighted by molar-refractivity contribution is 6.32. The van der Waals surface area contributed by atoms with Crippen LogP contribution >= 0.6 is 11.6 Å². The lowest BCUT2D eigenvalue weighted by Crippen LogP contribution is -2.47. The van der Waals surface area contributed by atoms with E-state index in [1.54, 1.807) is 24.4 Å². The molecule has 3 aliphatic rings. The Hall–Kier alpha value is -2.35. The van der Waals surface area contributed by atoms with Crippen LogP contribution in [-0.2, 0) is 16.1 Å². The summed E-state index contributed by atoms with van der Waals surface area (Å²) in [6, 6.07) is 5.96. The second-order valence-electron chi connectivity index (χ2n) is 7.09. The number of nitrogens with two attached hydrogens (primary N) is 1. The van der Waals surface area contributed by atoms with Crippen molar-refractivity contribution in [1.82, 2.24) is 9.80 Å². The molecule has 0 radical (unpaired) electrons. The standard InChI is InChI=1S/C20H21ClFN3O3/c21-15-5-7-25(16-6-8-28-11-17(16)26)18-14(20(23)27)10-24(19(15)18)9-12-1-3-13(22)4-2-12/h1-5,7,16-17,26H,6,8-11H2,(H2,23,27)/t16-,17-/m1/s1. The van der Waals surface area contributed by atoms with Crippen LogP contribution in [-0.4, -0.2) is 52.7 Å². The average Bonchev–Trinajstić information content (AvgIpc) is 3.05. The third kappa shape index (κ3) is 3.41. The second-order valence-corrected chi connectivity index (χ2v) is 7.50. The summed E-state index contributed by atoms with van der Waals surface area (Å²) in [4.78, 5) is 16.0. The summed E-state index contributed by atoms with van der Waals surface area (Å²) in [5.74, 6) is -0.834. The van der Waals surface area contributed by atoms with Crippen molar-refractivity contribution in [1.29, 1.82) is 0 Å². The zero-order chi connectivity index (χ0) is 19.8. The molecular formula is C20H21ClFN3O3. The Labute approximate surface area is 167 Å². The van der Waals surface area contributed by atoms with Gasteiger partial charge in [-0.15, -0.1) is 0 Å². The van der Waals surface area contributed by atoms with Crippen LogP contribution in [0.3, 0.4) is 0 Å². The van der Waals surface area contributed by atoms with Gasteiger partial charge in [0.15, 0.2) is 0 Å². The number of amides is 1. The lowest BCUT2D eigenvalue weighted by atomic mass is 10.0. The van der Waals surface area contributed by atoms with Gasteiger partial charge in [0.25, 0.3) is 0 Å². The van der Waals surface area contributed by atoms with Gasteiger partial charge >= 0.3 is 0 Å². The van der Waals surface area contributed by atoms with E-state index in [4.69, 9.17) is 22.1 Å². The van der Waals surface area contributed by atoms with Crippen LogP contribution in [0.15, 0.2) is 58.5 Å². The third-order valence-corrected chi connectivity index (χ3v) is 5.58. The first kappa shape index (κ1) is 19.0. The normalized spacial score (nSPS) is 24.8. The minimum absolute atomic E-state index is 0.236. The third-order valence-electron chi connectivity index (χ3n) is 5.27. The van der Waals surface area contributed by atoms with Crippen molar-refractivity contribution in [2.45, 2.75) is 25.1 Å². The number of aliphatic hydroxyl groups excluding tert-OH is 1. The summed E-state index contributed by atoms with van der Waals surface area (Å²) in [6.45, 7) is 1.51. The molecule has 0 unspecified atom stereocenters. The van der Waals surface area contributed by atoms with Gasteiger partial charge in [0, 0.05) is 19.4 Å². The quantitative estimate of drug-likeness (QED) is 0.798. The number of rotatable bonds is 4. The Balaban J connectivity index is 1.69. The molecule has 3 heterocycles. The summed E-state index contributed by atoms with van der Waals surface area (Å²) in [6.07, 6.45) is 3.46. The maximum atomic E-state index is 13.2. The van der Waals surface area contributed by atoms with Gasteiger partial charge in [-0.25, -0.2) is 4.39 Å². The van der Waals surface area contributed by atoms with E-state index in [1.807, 2.05) is 9.80 Å². The zero-order valence-electron chi connectivity index (χ0n) is 15.1. The lowest BCUT2D eigenvalue weighted by Gasteiger charge is -2.40. The van der Waals surface area contributed by atoms with Gasteiger partial charge in [0.2, 0.25) is 5.91 Å². The first-order valence-corrected chi connectivity index (χ1v) is 9.48. The van der Waals surface area contributed by atoms with Crippen molar-refractivity contribution in [3.05, 3.63) is 69.9 Å². The number of halogens is 2. The number of allylic oxidation sites excluding steroid dienone is 2. The number of nitrogens with zero attached hydrogens (tertiary/aromatic N) is 2. The molecule has 1 amide bonds. The Morgan fingerprint density at radius 3 is 2.75 bits per heavy atom. The molecule has 1 fully saturated rings. The minimum Gasteiger partial charge on any atom is -0.389 e. The van der Waals surface area contributed by atoms with E-state index in [-0.39, 0.29) is 18.5 Å². The fourth-order valence-corrected chi connectivity index (χ4v) is 4.20. The topological polar surface area (TPSA) is 79.0 Å². The van der Waals surface area contributed by atoms with E-state index < -0.39 is 12.0 Å². The van der Waals surface area contributed by atoms with Crippen molar-refractivity contribution >= 4 is 17.5 Å². The first-order chi connectivity index (χ1) is 13.5. The SMILES string of the molecule is NC(=O)C1=C2C(=C(Cl)C=CN2[C@@H]2CCOC[C@H]2O)N(Cc2ccc(F)cc2)C1. The van der Waals surface area contributed by atoms with Gasteiger partial charge in [-0.2, -0.15) is 0 Å². The lowest BCUT2D eigenvalue weighted by molar-refractivity contribution is -0.114. The van der Waals surface area contributed by atoms with E-state index in [9.17, 15) is 14.3 Å². The minimum atomic E-state index is -0.690. The molecule has 1 aromatic rings. The van der Waals surface area contributed by atoms with Crippen molar-refractivity contribution < 1.29 is 19.0 Å². The molecule has 6 nitrogen and oxygen atoms in total. The maximum Gasteiger partial charge on any atom is 0.248 e. The molecular weight excluding hydrogens is 385 g/mol. The molecule has 4 rings (SSSR count). The number of ether oxygens (including phenoxy) is 1. The van der Waals surface area contributed by atoms with E-state index in [2.05, 4.69) is 0 Å². The fraction of sp³-hybridized carbons (Fsp3) is 0.350. The zero-order valence-corrected chi connectivity index (χ0v) is 15.9. The maximum absolute atomic E-state index is 13.2. The number of fused-ring (bicyclic) bond motifs is 1. The van der Waals surface area contributed by atoms with Crippen molar-refractivity contribution in [2.24, 2.45) is 5.73 Å². The fourth-order valence-electron chi connectivity index (χ4n) is 3.93. The molecule has 2 atom stereocenters. The van der Waals surface area contributed by atoms with E-state index in [1.165, 1.54) is 12.1 Å². The summed E-state index contributed by atoms with van der Waals surface area (Å²) >= 11 is 6.51. The Bertz CT molecular complexity index is 881. The monoisotopic (exact) mass is 405 g/mol. The number of aliphatic hydroxyl groups is 1. The highest BCUT2D eigenvalue weighted by atomic mass is 35.5. The smallest absolute Gasteiger partial charge is 0.248 e. The largest absolute Gasteiger partial charge is 0.389 e. The van der Waals surface area contributed by atoms with Crippen molar-refractivity contribution in [3.8, 4) is 0 Å². The number of carbonyl (C=O) groups excluding carboxylic acids is 1. The summed E-state index contributed by atoms with van der Waals surface area (Å²) < 4.78 is 18.6. The van der Waals surface area contributed by atoms with Gasteiger partial charge < -0.3 is 25.4 Å². The molecule has 1 aromatic carbocycles. The van der Waals surface area contributed by atoms with E-state index >= 15 is 0 Å². The van der Waals surface area contributed by atoms with Crippen LogP contribution < -0.4 is 5.73 Å². The van der Waals surface area contributed by atoms with Gasteiger partial charge in [-0.1, -0.05) is 23.7 Å². The van der Waals surface area contributed by atoms with Crippen molar-refractivity contribution in [2.75, 3.05) is 19.8 Å². The summed E-state index contributed by atoms with van der Waals surface area (Å²) in [5.41, 5.74) is 8.33. The predicted octanol–water partition coefficient (Wildman–Crippen LogP) is 1.81. The number of primary amides is 1. The molecule has 148 valence electrons. The van der Waals surface area contributed by atoms with Crippen LogP contribution in [0.2, 0.25) is 0 Å². The van der Waals surface area contributed by atoms with Gasteiger partial charge in [-0.3, -0.25) is 4.79 Å². The molecule has 0 aliphatic carbocycles. The molecule has 3 aliphatic heterocycles. The highest BCUT2D eigenvalue weighted by Crippen LogP contribution is 2.41. The molecule has 0 spiro atoms. The molecule has 0 bridgehead atoms. The molecule has 8 heteroatoms. The number of carbonyl (C=O) groups is 1. The van der Waals surface area contributed by atoms with Gasteiger partial charge in [0.05, 0.1) is 47.3 Å². The van der Waals surface area contributed by atoms with Gasteiger partial charge in [-0.05, 0) is 30.2 Å². The Kier molecular flexibility index (Phi) is 5.14. The summed E-state index contributed by atoms with van der Waals surface area (Å²) in [5, 5.41) is 10.9.